The summed E-state index contributed by atoms with van der Waals surface area (Å²) < 4.78 is 7.25. The molecule has 0 atom stereocenters. The summed E-state index contributed by atoms with van der Waals surface area (Å²) in [4.78, 5) is 11.9. The molecule has 160 valence electrons. The summed E-state index contributed by atoms with van der Waals surface area (Å²) >= 11 is 6.22. The molecule has 6 nitrogen and oxygen atoms in total. The smallest absolute Gasteiger partial charge is 0.410 e. The van der Waals surface area contributed by atoms with Crippen LogP contribution in [0.1, 0.15) is 43.3 Å². The highest BCUT2D eigenvalue weighted by Gasteiger charge is 2.16. The molecule has 7 heteroatoms. The van der Waals surface area contributed by atoms with E-state index in [4.69, 9.17) is 21.6 Å². The number of hydrogen-bond donors (Lipinski definition) is 1. The minimum absolute atomic E-state index is 0.358. The molecular weight excluding hydrogens is 412 g/mol. The Hall–Kier alpha value is -3.30. The van der Waals surface area contributed by atoms with E-state index in [-0.39, 0.29) is 5.54 Å². The van der Waals surface area contributed by atoms with Crippen molar-refractivity contribution >= 4 is 17.7 Å². The number of aryl methyl sites for hydroxylation is 1. The topological polar surface area (TPSA) is 79.9 Å². The minimum Gasteiger partial charge on any atom is -0.410 e. The van der Waals surface area contributed by atoms with E-state index in [0.717, 1.165) is 28.1 Å². The van der Waals surface area contributed by atoms with E-state index in [1.165, 1.54) is 0 Å². The third-order valence-corrected chi connectivity index (χ3v) is 5.02. The van der Waals surface area contributed by atoms with Gasteiger partial charge in [0.15, 0.2) is 0 Å². The zero-order chi connectivity index (χ0) is 22.8. The number of halogens is 1. The lowest BCUT2D eigenvalue weighted by Gasteiger charge is -2.19. The molecule has 31 heavy (non-hydrogen) atoms. The third kappa shape index (κ3) is 5.44. The average molecular weight is 437 g/mol. The van der Waals surface area contributed by atoms with Crippen LogP contribution >= 0.6 is 11.6 Å². The maximum Gasteiger partial charge on any atom is 0.413 e. The Morgan fingerprint density at radius 2 is 1.87 bits per heavy atom. The van der Waals surface area contributed by atoms with Gasteiger partial charge in [0, 0.05) is 16.8 Å². The highest BCUT2D eigenvalue weighted by molar-refractivity contribution is 6.32. The Bertz CT molecular complexity index is 1150. The van der Waals surface area contributed by atoms with Crippen molar-refractivity contribution in [2.75, 3.05) is 0 Å². The molecule has 1 N–H and O–H groups in total. The summed E-state index contributed by atoms with van der Waals surface area (Å²) in [7, 11) is 0. The van der Waals surface area contributed by atoms with E-state index in [9.17, 15) is 4.79 Å². The van der Waals surface area contributed by atoms with Crippen molar-refractivity contribution in [2.45, 2.75) is 46.7 Å². The maximum atomic E-state index is 11.9. The molecule has 0 spiro atoms. The number of benzene rings is 2. The lowest BCUT2D eigenvalue weighted by Crippen LogP contribution is -2.42. The fourth-order valence-corrected chi connectivity index (χ4v) is 3.53. The van der Waals surface area contributed by atoms with Gasteiger partial charge in [0.05, 0.1) is 22.8 Å². The number of aromatic nitrogens is 2. The number of amides is 1. The molecule has 0 aliphatic rings. The molecule has 0 radical (unpaired) electrons. The van der Waals surface area contributed by atoms with Crippen molar-refractivity contribution in [1.29, 1.82) is 5.26 Å². The molecule has 1 amide bonds. The van der Waals surface area contributed by atoms with Crippen molar-refractivity contribution in [2.24, 2.45) is 0 Å². The standard InChI is InChI=1S/C24H25ClN4O2/c1-15-22(18-8-9-19(13-26)21(25)12-18)16(2)29(28-15)14-17-6-10-20(11-7-17)31-23(30)27-24(3,4)5/h6-12H,14H2,1-5H3,(H,27,30). The number of hydrogen-bond acceptors (Lipinski definition) is 4. The molecule has 0 aliphatic carbocycles. The van der Waals surface area contributed by atoms with E-state index >= 15 is 0 Å². The van der Waals surface area contributed by atoms with Gasteiger partial charge < -0.3 is 10.1 Å². The molecule has 0 aliphatic heterocycles. The van der Waals surface area contributed by atoms with Crippen LogP contribution in [0, 0.1) is 25.2 Å². The zero-order valence-electron chi connectivity index (χ0n) is 18.3. The Balaban J connectivity index is 1.77. The molecule has 3 aromatic rings. The van der Waals surface area contributed by atoms with Crippen LogP contribution < -0.4 is 10.1 Å². The summed E-state index contributed by atoms with van der Waals surface area (Å²) in [6, 6.07) is 14.9. The van der Waals surface area contributed by atoms with Crippen LogP contribution in [0.3, 0.4) is 0 Å². The molecule has 0 saturated carbocycles. The SMILES string of the molecule is Cc1nn(Cc2ccc(OC(=O)NC(C)(C)C)cc2)c(C)c1-c1ccc(C#N)c(Cl)c1. The lowest BCUT2D eigenvalue weighted by atomic mass is 10.0. The predicted octanol–water partition coefficient (Wildman–Crippen LogP) is 5.63. The van der Waals surface area contributed by atoms with Gasteiger partial charge in [-0.2, -0.15) is 10.4 Å². The third-order valence-electron chi connectivity index (χ3n) is 4.70. The summed E-state index contributed by atoms with van der Waals surface area (Å²) in [5, 5.41) is 17.0. The molecule has 1 aromatic heterocycles. The monoisotopic (exact) mass is 436 g/mol. The number of nitrogens with one attached hydrogen (secondary N) is 1. The van der Waals surface area contributed by atoms with Gasteiger partial charge in [-0.15, -0.1) is 0 Å². The molecule has 0 saturated heterocycles. The number of carbonyl (C=O) groups is 1. The van der Waals surface area contributed by atoms with Gasteiger partial charge in [-0.25, -0.2) is 4.79 Å². The number of ether oxygens (including phenoxy) is 1. The van der Waals surface area contributed by atoms with Crippen molar-refractivity contribution in [3.8, 4) is 22.9 Å². The maximum absolute atomic E-state index is 11.9. The normalized spacial score (nSPS) is 11.1. The molecule has 0 fully saturated rings. The van der Waals surface area contributed by atoms with Gasteiger partial charge in [-0.05, 0) is 70.0 Å². The molecule has 0 bridgehead atoms. The second kappa shape index (κ2) is 8.83. The molecule has 0 unspecified atom stereocenters. The Morgan fingerprint density at radius 1 is 1.19 bits per heavy atom. The van der Waals surface area contributed by atoms with E-state index in [1.807, 2.05) is 57.5 Å². The van der Waals surface area contributed by atoms with Crippen LogP contribution in [-0.2, 0) is 6.54 Å². The van der Waals surface area contributed by atoms with Gasteiger partial charge in [-0.1, -0.05) is 29.8 Å². The van der Waals surface area contributed by atoms with Crippen molar-refractivity contribution < 1.29 is 9.53 Å². The fraction of sp³-hybridized carbons (Fsp3) is 0.292. The second-order valence-corrected chi connectivity index (χ2v) is 8.83. The zero-order valence-corrected chi connectivity index (χ0v) is 19.0. The predicted molar refractivity (Wildman–Crippen MR) is 121 cm³/mol. The quantitative estimate of drug-likeness (QED) is 0.574. The fourth-order valence-electron chi connectivity index (χ4n) is 3.30. The first-order valence-electron chi connectivity index (χ1n) is 9.90. The van der Waals surface area contributed by atoms with Gasteiger partial charge in [0.1, 0.15) is 11.8 Å². The number of carbonyl (C=O) groups excluding carboxylic acids is 1. The van der Waals surface area contributed by atoms with E-state index in [1.54, 1.807) is 24.3 Å². The first-order valence-corrected chi connectivity index (χ1v) is 10.3. The molecular formula is C24H25ClN4O2. The van der Waals surface area contributed by atoms with Crippen molar-refractivity contribution in [3.63, 3.8) is 0 Å². The van der Waals surface area contributed by atoms with E-state index in [0.29, 0.717) is 22.9 Å². The first-order chi connectivity index (χ1) is 14.6. The lowest BCUT2D eigenvalue weighted by molar-refractivity contribution is 0.190. The minimum atomic E-state index is -0.482. The van der Waals surface area contributed by atoms with Crippen LogP contribution in [-0.4, -0.2) is 21.4 Å². The molecule has 3 rings (SSSR count). The van der Waals surface area contributed by atoms with Gasteiger partial charge in [0.2, 0.25) is 0 Å². The Kier molecular flexibility index (Phi) is 6.37. The van der Waals surface area contributed by atoms with Crippen molar-refractivity contribution in [1.82, 2.24) is 15.1 Å². The highest BCUT2D eigenvalue weighted by Crippen LogP contribution is 2.30. The van der Waals surface area contributed by atoms with Gasteiger partial charge in [0.25, 0.3) is 0 Å². The van der Waals surface area contributed by atoms with E-state index in [2.05, 4.69) is 16.5 Å². The molecule has 1 heterocycles. The van der Waals surface area contributed by atoms with Gasteiger partial charge >= 0.3 is 6.09 Å². The Labute approximate surface area is 187 Å². The summed E-state index contributed by atoms with van der Waals surface area (Å²) in [5.74, 6) is 0.479. The second-order valence-electron chi connectivity index (χ2n) is 8.42. The number of nitrogens with zero attached hydrogens (tertiary/aromatic N) is 3. The average Bonchev–Trinajstić information content (AvgIpc) is 2.95. The summed E-state index contributed by atoms with van der Waals surface area (Å²) in [5.41, 5.74) is 4.94. The number of nitriles is 1. The highest BCUT2D eigenvalue weighted by atomic mass is 35.5. The van der Waals surface area contributed by atoms with E-state index < -0.39 is 6.09 Å². The molecule has 2 aromatic carbocycles. The van der Waals surface area contributed by atoms with Crippen LogP contribution in [0.25, 0.3) is 11.1 Å². The van der Waals surface area contributed by atoms with Gasteiger partial charge in [-0.3, -0.25) is 4.68 Å². The van der Waals surface area contributed by atoms with Crippen LogP contribution in [0.15, 0.2) is 42.5 Å². The van der Waals surface area contributed by atoms with Crippen molar-refractivity contribution in [3.05, 3.63) is 70.0 Å². The largest absolute Gasteiger partial charge is 0.413 e. The van der Waals surface area contributed by atoms with Crippen LogP contribution in [0.2, 0.25) is 5.02 Å². The van der Waals surface area contributed by atoms with Crippen LogP contribution in [0.5, 0.6) is 5.75 Å². The van der Waals surface area contributed by atoms with Crippen LogP contribution in [0.4, 0.5) is 4.79 Å². The summed E-state index contributed by atoms with van der Waals surface area (Å²) in [6.45, 7) is 10.2. The Morgan fingerprint density at radius 3 is 2.45 bits per heavy atom. The number of rotatable bonds is 4. The summed E-state index contributed by atoms with van der Waals surface area (Å²) in [6.07, 6.45) is -0.482. The first kappa shape index (κ1) is 22.4.